The maximum atomic E-state index is 13.3. The number of methoxy groups -OCH3 is 2. The van der Waals surface area contributed by atoms with Crippen molar-refractivity contribution in [1.29, 1.82) is 0 Å². The van der Waals surface area contributed by atoms with Gasteiger partial charge in [-0.05, 0) is 54.6 Å². The van der Waals surface area contributed by atoms with Gasteiger partial charge in [0.05, 0.1) is 29.8 Å². The number of halogens is 1. The van der Waals surface area contributed by atoms with Crippen molar-refractivity contribution in [2.24, 2.45) is 0 Å². The summed E-state index contributed by atoms with van der Waals surface area (Å²) in [6, 6.07) is 18.5. The van der Waals surface area contributed by atoms with Crippen molar-refractivity contribution in [3.63, 3.8) is 0 Å². The number of sulfonamides is 1. The summed E-state index contributed by atoms with van der Waals surface area (Å²) in [6.07, 6.45) is 0. The van der Waals surface area contributed by atoms with Crippen LogP contribution in [0.4, 0.5) is 5.69 Å². The molecule has 0 spiro atoms. The van der Waals surface area contributed by atoms with Crippen LogP contribution in [0.3, 0.4) is 0 Å². The molecule has 162 valence electrons. The van der Waals surface area contributed by atoms with Crippen molar-refractivity contribution in [3.8, 4) is 17.2 Å². The van der Waals surface area contributed by atoms with E-state index in [2.05, 4.69) is 0 Å². The van der Waals surface area contributed by atoms with Crippen molar-refractivity contribution in [1.82, 2.24) is 0 Å². The zero-order valence-corrected chi connectivity index (χ0v) is 18.4. The van der Waals surface area contributed by atoms with Crippen LogP contribution >= 0.6 is 11.6 Å². The van der Waals surface area contributed by atoms with Crippen LogP contribution in [0.5, 0.6) is 17.2 Å². The third-order valence-electron chi connectivity index (χ3n) is 4.30. The van der Waals surface area contributed by atoms with E-state index in [0.29, 0.717) is 21.6 Å². The minimum Gasteiger partial charge on any atom is -0.497 e. The predicted octanol–water partition coefficient (Wildman–Crippen LogP) is 4.16. The average Bonchev–Trinajstić information content (AvgIpc) is 2.79. The summed E-state index contributed by atoms with van der Waals surface area (Å²) < 4.78 is 43.0. The molecule has 0 heterocycles. The highest BCUT2D eigenvalue weighted by molar-refractivity contribution is 7.93. The van der Waals surface area contributed by atoms with Gasteiger partial charge < -0.3 is 14.2 Å². The maximum Gasteiger partial charge on any atom is 0.278 e. The van der Waals surface area contributed by atoms with Gasteiger partial charge in [0.25, 0.3) is 15.9 Å². The van der Waals surface area contributed by atoms with Crippen LogP contribution in [0, 0.1) is 0 Å². The van der Waals surface area contributed by atoms with Gasteiger partial charge in [-0.15, -0.1) is 0 Å². The summed E-state index contributed by atoms with van der Waals surface area (Å²) in [4.78, 5) is 13.0. The zero-order chi connectivity index (χ0) is 22.4. The van der Waals surface area contributed by atoms with E-state index in [1.807, 2.05) is 0 Å². The van der Waals surface area contributed by atoms with Gasteiger partial charge >= 0.3 is 0 Å². The number of hydrogen-bond acceptors (Lipinski definition) is 6. The minimum atomic E-state index is -4.22. The number of hydrogen-bond donors (Lipinski definition) is 0. The Morgan fingerprint density at radius 1 is 0.903 bits per heavy atom. The first kappa shape index (κ1) is 22.5. The van der Waals surface area contributed by atoms with E-state index >= 15 is 0 Å². The van der Waals surface area contributed by atoms with Gasteiger partial charge in [0.15, 0.2) is 6.61 Å². The van der Waals surface area contributed by atoms with Crippen LogP contribution in [-0.4, -0.2) is 35.2 Å². The normalized spacial score (nSPS) is 10.9. The summed E-state index contributed by atoms with van der Waals surface area (Å²) in [7, 11) is -1.25. The number of carbonyl (C=O) groups excluding carboxylic acids is 1. The van der Waals surface area contributed by atoms with Gasteiger partial charge in [0.1, 0.15) is 17.2 Å². The molecule has 0 radical (unpaired) electrons. The molecule has 1 amide bonds. The molecule has 0 atom stereocenters. The second-order valence-corrected chi connectivity index (χ2v) is 8.45. The second-order valence-electron chi connectivity index (χ2n) is 6.26. The number of anilines is 1. The summed E-state index contributed by atoms with van der Waals surface area (Å²) in [5.74, 6) is 0.573. The Hall–Kier alpha value is -3.23. The molecule has 7 nitrogen and oxygen atoms in total. The van der Waals surface area contributed by atoms with Crippen LogP contribution in [0.15, 0.2) is 77.7 Å². The number of rotatable bonds is 8. The molecular weight excluding hydrogens is 442 g/mol. The highest BCUT2D eigenvalue weighted by atomic mass is 35.5. The van der Waals surface area contributed by atoms with E-state index in [4.69, 9.17) is 25.8 Å². The lowest BCUT2D eigenvalue weighted by Gasteiger charge is -2.23. The molecule has 3 aromatic carbocycles. The molecular formula is C22H20ClNO6S. The second kappa shape index (κ2) is 9.72. The number of ether oxygens (including phenoxy) is 3. The van der Waals surface area contributed by atoms with E-state index in [0.717, 1.165) is 0 Å². The maximum absolute atomic E-state index is 13.3. The smallest absolute Gasteiger partial charge is 0.278 e. The van der Waals surface area contributed by atoms with E-state index in [1.54, 1.807) is 42.5 Å². The molecule has 3 aromatic rings. The van der Waals surface area contributed by atoms with Crippen LogP contribution in [0.1, 0.15) is 0 Å². The third kappa shape index (κ3) is 5.10. The average molecular weight is 462 g/mol. The summed E-state index contributed by atoms with van der Waals surface area (Å²) >= 11 is 6.18. The number of nitrogens with zero attached hydrogens (tertiary/aromatic N) is 1. The molecule has 0 aliphatic heterocycles. The molecule has 0 fully saturated rings. The largest absolute Gasteiger partial charge is 0.497 e. The van der Waals surface area contributed by atoms with Gasteiger partial charge in [0, 0.05) is 0 Å². The predicted molar refractivity (Wildman–Crippen MR) is 118 cm³/mol. The first-order chi connectivity index (χ1) is 14.9. The first-order valence-electron chi connectivity index (χ1n) is 9.10. The monoisotopic (exact) mass is 461 g/mol. The summed E-state index contributed by atoms with van der Waals surface area (Å²) in [5, 5.41) is 0.164. The standard InChI is InChI=1S/C22H20ClNO6S/c1-28-17-9-11-18(12-10-17)30-15-22(25)24(16-8-13-21(29-2)20(23)14-16)31(26,27)19-6-4-3-5-7-19/h3-14H,15H2,1-2H3. The summed E-state index contributed by atoms with van der Waals surface area (Å²) in [6.45, 7) is -0.512. The van der Waals surface area contributed by atoms with Gasteiger partial charge in [-0.25, -0.2) is 8.42 Å². The van der Waals surface area contributed by atoms with E-state index in [-0.39, 0.29) is 15.6 Å². The third-order valence-corrected chi connectivity index (χ3v) is 6.36. The molecule has 0 unspecified atom stereocenters. The minimum absolute atomic E-state index is 0.0419. The van der Waals surface area contributed by atoms with Gasteiger partial charge in [-0.2, -0.15) is 4.31 Å². The SMILES string of the molecule is COc1ccc(OCC(=O)N(c2ccc(OC)c(Cl)c2)S(=O)(=O)c2ccccc2)cc1. The number of amides is 1. The molecule has 0 saturated heterocycles. The Morgan fingerprint density at radius 2 is 1.55 bits per heavy atom. The van der Waals surface area contributed by atoms with Crippen molar-refractivity contribution in [2.75, 3.05) is 25.1 Å². The molecule has 0 saturated carbocycles. The fourth-order valence-corrected chi connectivity index (χ4v) is 4.45. The molecule has 3 rings (SSSR count). The molecule has 0 aliphatic rings. The first-order valence-corrected chi connectivity index (χ1v) is 10.9. The molecule has 0 N–H and O–H groups in total. The van der Waals surface area contributed by atoms with Crippen LogP contribution < -0.4 is 18.5 Å². The highest BCUT2D eigenvalue weighted by Crippen LogP contribution is 2.32. The Morgan fingerprint density at radius 3 is 2.13 bits per heavy atom. The lowest BCUT2D eigenvalue weighted by Crippen LogP contribution is -2.40. The van der Waals surface area contributed by atoms with Gasteiger partial charge in [0.2, 0.25) is 0 Å². The molecule has 0 bridgehead atoms. The zero-order valence-electron chi connectivity index (χ0n) is 16.8. The lowest BCUT2D eigenvalue weighted by molar-refractivity contribution is -0.119. The van der Waals surface area contributed by atoms with E-state index in [1.165, 1.54) is 44.6 Å². The lowest BCUT2D eigenvalue weighted by atomic mass is 10.3. The number of carbonyl (C=O) groups is 1. The summed E-state index contributed by atoms with van der Waals surface area (Å²) in [5.41, 5.74) is 0.0676. The Labute approximate surface area is 185 Å². The van der Waals surface area contributed by atoms with Crippen molar-refractivity contribution >= 4 is 33.2 Å². The van der Waals surface area contributed by atoms with E-state index in [9.17, 15) is 13.2 Å². The Bertz CT molecular complexity index is 1150. The van der Waals surface area contributed by atoms with Gasteiger partial charge in [-0.3, -0.25) is 4.79 Å². The van der Waals surface area contributed by atoms with Crippen molar-refractivity contribution < 1.29 is 27.4 Å². The van der Waals surface area contributed by atoms with E-state index < -0.39 is 22.5 Å². The quantitative estimate of drug-likeness (QED) is 0.501. The fourth-order valence-electron chi connectivity index (χ4n) is 2.77. The number of benzene rings is 3. The molecule has 0 aromatic heterocycles. The van der Waals surface area contributed by atoms with Crippen LogP contribution in [-0.2, 0) is 14.8 Å². The molecule has 31 heavy (non-hydrogen) atoms. The molecule has 9 heteroatoms. The van der Waals surface area contributed by atoms with Crippen molar-refractivity contribution in [2.45, 2.75) is 4.90 Å². The topological polar surface area (TPSA) is 82.1 Å². The van der Waals surface area contributed by atoms with Crippen LogP contribution in [0.2, 0.25) is 5.02 Å². The Kier molecular flexibility index (Phi) is 7.04. The van der Waals surface area contributed by atoms with Crippen molar-refractivity contribution in [3.05, 3.63) is 77.8 Å². The Balaban J connectivity index is 1.94. The van der Waals surface area contributed by atoms with Crippen LogP contribution in [0.25, 0.3) is 0 Å². The highest BCUT2D eigenvalue weighted by Gasteiger charge is 2.31. The van der Waals surface area contributed by atoms with Gasteiger partial charge in [-0.1, -0.05) is 29.8 Å². The molecule has 0 aliphatic carbocycles. The fraction of sp³-hybridized carbons (Fsp3) is 0.136.